The molecule has 6 nitrogen and oxygen atoms in total. The van der Waals surface area contributed by atoms with Crippen molar-refractivity contribution in [2.75, 3.05) is 10.6 Å². The molecule has 0 spiro atoms. The van der Waals surface area contributed by atoms with E-state index < -0.39 is 0 Å². The molecule has 104 valence electrons. The minimum absolute atomic E-state index is 0.156. The number of rotatable bonds is 3. The van der Waals surface area contributed by atoms with Gasteiger partial charge in [0.05, 0.1) is 11.3 Å². The van der Waals surface area contributed by atoms with Gasteiger partial charge in [-0.2, -0.15) is 5.10 Å². The van der Waals surface area contributed by atoms with Crippen LogP contribution in [-0.2, 0) is 11.8 Å². The Balaban J connectivity index is 2.15. The molecule has 0 aliphatic carbocycles. The first-order valence-corrected chi connectivity index (χ1v) is 6.15. The lowest BCUT2D eigenvalue weighted by Crippen LogP contribution is -2.13. The van der Waals surface area contributed by atoms with Crippen LogP contribution in [0.3, 0.4) is 0 Å². The maximum absolute atomic E-state index is 12.1. The first kappa shape index (κ1) is 13.8. The minimum atomic E-state index is -0.226. The van der Waals surface area contributed by atoms with E-state index in [1.54, 1.807) is 49.1 Å². The zero-order valence-corrected chi connectivity index (χ0v) is 11.6. The van der Waals surface area contributed by atoms with Crippen LogP contribution in [0.15, 0.2) is 30.5 Å². The predicted octanol–water partition coefficient (Wildman–Crippen LogP) is 1.94. The molecule has 0 unspecified atom stereocenters. The fourth-order valence-corrected chi connectivity index (χ4v) is 1.90. The zero-order chi connectivity index (χ0) is 14.7. The van der Waals surface area contributed by atoms with Gasteiger partial charge in [0.2, 0.25) is 5.91 Å². The summed E-state index contributed by atoms with van der Waals surface area (Å²) in [6, 6.07) is 6.98. The van der Waals surface area contributed by atoms with E-state index in [9.17, 15) is 9.59 Å². The van der Waals surface area contributed by atoms with Gasteiger partial charge in [0.15, 0.2) is 0 Å². The highest BCUT2D eigenvalue weighted by molar-refractivity contribution is 6.05. The van der Waals surface area contributed by atoms with Gasteiger partial charge in [0.1, 0.15) is 0 Å². The van der Waals surface area contributed by atoms with Crippen LogP contribution < -0.4 is 10.6 Å². The van der Waals surface area contributed by atoms with Crippen LogP contribution in [-0.4, -0.2) is 21.6 Å². The van der Waals surface area contributed by atoms with E-state index in [1.165, 1.54) is 6.92 Å². The third kappa shape index (κ3) is 3.23. The smallest absolute Gasteiger partial charge is 0.259 e. The number of benzene rings is 1. The summed E-state index contributed by atoms with van der Waals surface area (Å²) < 4.78 is 1.60. The van der Waals surface area contributed by atoms with Crippen LogP contribution in [0.4, 0.5) is 11.4 Å². The molecule has 2 N–H and O–H groups in total. The molecule has 2 amide bonds. The summed E-state index contributed by atoms with van der Waals surface area (Å²) in [4.78, 5) is 23.1. The fourth-order valence-electron chi connectivity index (χ4n) is 1.90. The molecule has 1 heterocycles. The standard InChI is InChI=1S/C14H16N4O2/c1-9-13(8-18(3)17-9)14(20)16-12-6-4-5-11(7-12)15-10(2)19/h4-8H,1-3H3,(H,15,19)(H,16,20). The van der Waals surface area contributed by atoms with Crippen molar-refractivity contribution in [3.8, 4) is 0 Å². The van der Waals surface area contributed by atoms with Gasteiger partial charge in [-0.15, -0.1) is 0 Å². The quantitative estimate of drug-likeness (QED) is 0.896. The molecule has 20 heavy (non-hydrogen) atoms. The number of carbonyl (C=O) groups excluding carboxylic acids is 2. The molecule has 0 fully saturated rings. The summed E-state index contributed by atoms with van der Waals surface area (Å²) in [5.74, 6) is -0.382. The number of aromatic nitrogens is 2. The monoisotopic (exact) mass is 272 g/mol. The summed E-state index contributed by atoms with van der Waals surface area (Å²) in [5.41, 5.74) is 2.45. The topological polar surface area (TPSA) is 76.0 Å². The highest BCUT2D eigenvalue weighted by atomic mass is 16.2. The van der Waals surface area contributed by atoms with Crippen LogP contribution >= 0.6 is 0 Å². The lowest BCUT2D eigenvalue weighted by atomic mass is 10.2. The Hall–Kier alpha value is -2.63. The molecule has 1 aromatic heterocycles. The van der Waals surface area contributed by atoms with Crippen molar-refractivity contribution in [2.45, 2.75) is 13.8 Å². The molecule has 0 bridgehead atoms. The average molecular weight is 272 g/mol. The molecule has 2 aromatic rings. The molecule has 1 aromatic carbocycles. The number of nitrogens with zero attached hydrogens (tertiary/aromatic N) is 2. The Morgan fingerprint density at radius 2 is 1.85 bits per heavy atom. The van der Waals surface area contributed by atoms with Crippen LogP contribution in [0, 0.1) is 6.92 Å². The van der Waals surface area contributed by atoms with E-state index in [-0.39, 0.29) is 11.8 Å². The molecule has 0 radical (unpaired) electrons. The molecule has 6 heteroatoms. The number of aryl methyl sites for hydroxylation is 2. The number of anilines is 2. The van der Waals surface area contributed by atoms with E-state index in [4.69, 9.17) is 0 Å². The summed E-state index contributed by atoms with van der Waals surface area (Å²) in [6.45, 7) is 3.22. The van der Waals surface area contributed by atoms with Gasteiger partial charge in [-0.1, -0.05) is 6.07 Å². The number of carbonyl (C=O) groups is 2. The Morgan fingerprint density at radius 1 is 1.20 bits per heavy atom. The summed E-state index contributed by atoms with van der Waals surface area (Å²) >= 11 is 0. The van der Waals surface area contributed by atoms with E-state index >= 15 is 0 Å². The largest absolute Gasteiger partial charge is 0.326 e. The Bertz CT molecular complexity index is 661. The SMILES string of the molecule is CC(=O)Nc1cccc(NC(=O)c2cn(C)nc2C)c1. The molecule has 0 saturated carbocycles. The lowest BCUT2D eigenvalue weighted by Gasteiger charge is -2.07. The summed E-state index contributed by atoms with van der Waals surface area (Å²) in [6.07, 6.45) is 1.67. The van der Waals surface area contributed by atoms with Gasteiger partial charge in [-0.25, -0.2) is 0 Å². The molecule has 0 aliphatic heterocycles. The number of hydrogen-bond acceptors (Lipinski definition) is 3. The number of hydrogen-bond donors (Lipinski definition) is 2. The van der Waals surface area contributed by atoms with Gasteiger partial charge in [0, 0.05) is 31.5 Å². The highest BCUT2D eigenvalue weighted by Crippen LogP contribution is 2.16. The van der Waals surface area contributed by atoms with E-state index in [2.05, 4.69) is 15.7 Å². The second-order valence-corrected chi connectivity index (χ2v) is 4.52. The fraction of sp³-hybridized carbons (Fsp3) is 0.214. The minimum Gasteiger partial charge on any atom is -0.326 e. The van der Waals surface area contributed by atoms with Crippen molar-refractivity contribution in [3.63, 3.8) is 0 Å². The van der Waals surface area contributed by atoms with Crippen LogP contribution in [0.2, 0.25) is 0 Å². The Kier molecular flexibility index (Phi) is 3.84. The first-order chi connectivity index (χ1) is 9.45. The number of amides is 2. The third-order valence-electron chi connectivity index (χ3n) is 2.70. The van der Waals surface area contributed by atoms with E-state index in [0.29, 0.717) is 22.6 Å². The molecular formula is C14H16N4O2. The van der Waals surface area contributed by atoms with Crippen molar-refractivity contribution in [1.82, 2.24) is 9.78 Å². The summed E-state index contributed by atoms with van der Waals surface area (Å²) in [5, 5.41) is 9.58. The van der Waals surface area contributed by atoms with E-state index in [0.717, 1.165) is 0 Å². The first-order valence-electron chi connectivity index (χ1n) is 6.15. The van der Waals surface area contributed by atoms with Gasteiger partial charge in [0.25, 0.3) is 5.91 Å². The van der Waals surface area contributed by atoms with Gasteiger partial charge < -0.3 is 10.6 Å². The van der Waals surface area contributed by atoms with E-state index in [1.807, 2.05) is 0 Å². The van der Waals surface area contributed by atoms with Crippen molar-refractivity contribution < 1.29 is 9.59 Å². The molecule has 2 rings (SSSR count). The normalized spacial score (nSPS) is 10.2. The molecule has 0 atom stereocenters. The maximum atomic E-state index is 12.1. The zero-order valence-electron chi connectivity index (χ0n) is 11.6. The van der Waals surface area contributed by atoms with Crippen LogP contribution in [0.5, 0.6) is 0 Å². The van der Waals surface area contributed by atoms with Gasteiger partial charge in [-0.05, 0) is 25.1 Å². The van der Waals surface area contributed by atoms with Crippen molar-refractivity contribution >= 4 is 23.2 Å². The Labute approximate surface area is 116 Å². The average Bonchev–Trinajstić information content (AvgIpc) is 2.68. The van der Waals surface area contributed by atoms with Crippen LogP contribution in [0.1, 0.15) is 23.0 Å². The second-order valence-electron chi connectivity index (χ2n) is 4.52. The lowest BCUT2D eigenvalue weighted by molar-refractivity contribution is -0.114. The predicted molar refractivity (Wildman–Crippen MR) is 76.6 cm³/mol. The van der Waals surface area contributed by atoms with Crippen LogP contribution in [0.25, 0.3) is 0 Å². The van der Waals surface area contributed by atoms with Gasteiger partial charge in [-0.3, -0.25) is 14.3 Å². The van der Waals surface area contributed by atoms with Crippen molar-refractivity contribution in [3.05, 3.63) is 41.7 Å². The molecule has 0 saturated heterocycles. The van der Waals surface area contributed by atoms with Crippen molar-refractivity contribution in [2.24, 2.45) is 7.05 Å². The van der Waals surface area contributed by atoms with Gasteiger partial charge >= 0.3 is 0 Å². The Morgan fingerprint density at radius 3 is 2.40 bits per heavy atom. The highest BCUT2D eigenvalue weighted by Gasteiger charge is 2.12. The van der Waals surface area contributed by atoms with Crippen molar-refractivity contribution in [1.29, 1.82) is 0 Å². The molecule has 0 aliphatic rings. The molecular weight excluding hydrogens is 256 g/mol. The third-order valence-corrected chi connectivity index (χ3v) is 2.70. The maximum Gasteiger partial charge on any atom is 0.259 e. The summed E-state index contributed by atoms with van der Waals surface area (Å²) in [7, 11) is 1.77. The second kappa shape index (κ2) is 5.56. The number of nitrogens with one attached hydrogen (secondary N) is 2.